The molecule has 0 spiro atoms. The van der Waals surface area contributed by atoms with Gasteiger partial charge < -0.3 is 10.1 Å². The second-order valence-electron chi connectivity index (χ2n) is 4.57. The molecule has 0 saturated heterocycles. The van der Waals surface area contributed by atoms with E-state index in [4.69, 9.17) is 4.74 Å². The second kappa shape index (κ2) is 5.32. The molecule has 1 aromatic rings. The summed E-state index contributed by atoms with van der Waals surface area (Å²) >= 11 is 0. The number of hydrogen-bond donors (Lipinski definition) is 1. The van der Waals surface area contributed by atoms with Crippen LogP contribution in [0.4, 0.5) is 0 Å². The van der Waals surface area contributed by atoms with Crippen molar-refractivity contribution in [3.63, 3.8) is 0 Å². The van der Waals surface area contributed by atoms with Crippen LogP contribution in [-0.4, -0.2) is 18.6 Å². The molecule has 2 rings (SSSR count). The summed E-state index contributed by atoms with van der Waals surface area (Å²) in [7, 11) is 1.99. The van der Waals surface area contributed by atoms with E-state index in [-0.39, 0.29) is 6.04 Å². The van der Waals surface area contributed by atoms with Gasteiger partial charge in [-0.2, -0.15) is 0 Å². The van der Waals surface area contributed by atoms with Crippen LogP contribution in [0, 0.1) is 13.8 Å². The Morgan fingerprint density at radius 2 is 2.00 bits per heavy atom. The minimum absolute atomic E-state index is 0.246. The van der Waals surface area contributed by atoms with Gasteiger partial charge in [-0.05, 0) is 57.0 Å². The molecule has 3 heteroatoms. The van der Waals surface area contributed by atoms with Gasteiger partial charge in [0, 0.05) is 11.4 Å². The quantitative estimate of drug-likeness (QED) is 0.870. The van der Waals surface area contributed by atoms with Gasteiger partial charge in [0.15, 0.2) is 0 Å². The SMILES string of the molecule is CNC(C1=COCCC1)c1cc(C)nc(C)c1. The van der Waals surface area contributed by atoms with E-state index >= 15 is 0 Å². The van der Waals surface area contributed by atoms with Gasteiger partial charge in [-0.15, -0.1) is 0 Å². The fraction of sp³-hybridized carbons (Fsp3) is 0.500. The summed E-state index contributed by atoms with van der Waals surface area (Å²) in [5.41, 5.74) is 4.73. The standard InChI is InChI=1S/C14H20N2O/c1-10-7-13(8-11(2)16-10)14(15-3)12-5-4-6-17-9-12/h7-9,14-15H,4-6H2,1-3H3. The Morgan fingerprint density at radius 1 is 1.29 bits per heavy atom. The highest BCUT2D eigenvalue weighted by atomic mass is 16.5. The van der Waals surface area contributed by atoms with E-state index < -0.39 is 0 Å². The van der Waals surface area contributed by atoms with E-state index in [1.807, 2.05) is 27.2 Å². The van der Waals surface area contributed by atoms with Crippen molar-refractivity contribution in [1.82, 2.24) is 10.3 Å². The molecule has 0 saturated carbocycles. The molecule has 0 radical (unpaired) electrons. The number of likely N-dealkylation sites (N-methyl/N-ethyl adjacent to an activating group) is 1. The molecule has 0 fully saturated rings. The van der Waals surface area contributed by atoms with Crippen LogP contribution in [0.2, 0.25) is 0 Å². The highest BCUT2D eigenvalue weighted by Crippen LogP contribution is 2.27. The third-order valence-corrected chi connectivity index (χ3v) is 3.06. The molecule has 1 atom stereocenters. The topological polar surface area (TPSA) is 34.1 Å². The van der Waals surface area contributed by atoms with Gasteiger partial charge in [-0.25, -0.2) is 0 Å². The maximum atomic E-state index is 5.43. The maximum Gasteiger partial charge on any atom is 0.0876 e. The third-order valence-electron chi connectivity index (χ3n) is 3.06. The number of pyridine rings is 1. The number of nitrogens with one attached hydrogen (secondary N) is 1. The average molecular weight is 232 g/mol. The molecule has 92 valence electrons. The fourth-order valence-corrected chi connectivity index (χ4v) is 2.40. The zero-order valence-corrected chi connectivity index (χ0v) is 10.8. The largest absolute Gasteiger partial charge is 0.501 e. The first-order chi connectivity index (χ1) is 8.20. The molecule has 1 unspecified atom stereocenters. The molecule has 1 aliphatic rings. The first-order valence-electron chi connectivity index (χ1n) is 6.13. The fourth-order valence-electron chi connectivity index (χ4n) is 2.40. The summed E-state index contributed by atoms with van der Waals surface area (Å²) in [5.74, 6) is 0. The van der Waals surface area contributed by atoms with Crippen molar-refractivity contribution in [3.05, 3.63) is 40.9 Å². The monoisotopic (exact) mass is 232 g/mol. The van der Waals surface area contributed by atoms with Crippen molar-refractivity contribution < 1.29 is 4.74 Å². The molecule has 2 heterocycles. The number of rotatable bonds is 3. The molecular formula is C14H20N2O. The minimum Gasteiger partial charge on any atom is -0.501 e. The predicted octanol–water partition coefficient (Wildman–Crippen LogP) is 2.65. The molecule has 0 aliphatic carbocycles. The highest BCUT2D eigenvalue weighted by molar-refractivity contribution is 5.30. The van der Waals surface area contributed by atoms with Crippen LogP contribution in [-0.2, 0) is 4.74 Å². The van der Waals surface area contributed by atoms with Crippen LogP contribution in [0.5, 0.6) is 0 Å². The van der Waals surface area contributed by atoms with Crippen LogP contribution < -0.4 is 5.32 Å². The molecule has 0 aromatic carbocycles. The number of aryl methyl sites for hydroxylation is 2. The number of aromatic nitrogens is 1. The van der Waals surface area contributed by atoms with E-state index in [1.165, 1.54) is 11.1 Å². The summed E-state index contributed by atoms with van der Waals surface area (Å²) < 4.78 is 5.43. The Kier molecular flexibility index (Phi) is 3.79. The number of ether oxygens (including phenoxy) is 1. The van der Waals surface area contributed by atoms with E-state index in [2.05, 4.69) is 22.4 Å². The van der Waals surface area contributed by atoms with Crippen LogP contribution >= 0.6 is 0 Å². The molecular weight excluding hydrogens is 212 g/mol. The molecule has 1 aromatic heterocycles. The lowest BCUT2D eigenvalue weighted by atomic mass is 9.95. The van der Waals surface area contributed by atoms with Gasteiger partial charge in [-0.3, -0.25) is 4.98 Å². The van der Waals surface area contributed by atoms with Gasteiger partial charge in [0.05, 0.1) is 18.9 Å². The highest BCUT2D eigenvalue weighted by Gasteiger charge is 2.18. The van der Waals surface area contributed by atoms with Gasteiger partial charge in [0.25, 0.3) is 0 Å². The van der Waals surface area contributed by atoms with Crippen molar-refractivity contribution in [1.29, 1.82) is 0 Å². The average Bonchev–Trinajstić information content (AvgIpc) is 2.30. The normalized spacial score (nSPS) is 17.2. The third kappa shape index (κ3) is 2.86. The zero-order chi connectivity index (χ0) is 12.3. The molecule has 0 amide bonds. The summed E-state index contributed by atoms with van der Waals surface area (Å²) in [6.07, 6.45) is 4.12. The Balaban J connectivity index is 2.31. The summed E-state index contributed by atoms with van der Waals surface area (Å²) in [5, 5.41) is 3.37. The van der Waals surface area contributed by atoms with Crippen LogP contribution in [0.25, 0.3) is 0 Å². The smallest absolute Gasteiger partial charge is 0.0876 e. The number of nitrogens with zero attached hydrogens (tertiary/aromatic N) is 1. The van der Waals surface area contributed by atoms with E-state index in [1.54, 1.807) is 0 Å². The molecule has 3 nitrogen and oxygen atoms in total. The molecule has 0 bridgehead atoms. The lowest BCUT2D eigenvalue weighted by Crippen LogP contribution is -2.21. The lowest BCUT2D eigenvalue weighted by molar-refractivity contribution is 0.220. The first-order valence-corrected chi connectivity index (χ1v) is 6.13. The second-order valence-corrected chi connectivity index (χ2v) is 4.57. The maximum absolute atomic E-state index is 5.43. The van der Waals surface area contributed by atoms with Crippen molar-refractivity contribution in [3.8, 4) is 0 Å². The van der Waals surface area contributed by atoms with E-state index in [0.29, 0.717) is 0 Å². The van der Waals surface area contributed by atoms with E-state index in [9.17, 15) is 0 Å². The van der Waals surface area contributed by atoms with Crippen LogP contribution in [0.3, 0.4) is 0 Å². The van der Waals surface area contributed by atoms with Gasteiger partial charge in [0.1, 0.15) is 0 Å². The predicted molar refractivity (Wildman–Crippen MR) is 68.8 cm³/mol. The van der Waals surface area contributed by atoms with Crippen molar-refractivity contribution >= 4 is 0 Å². The Labute approximate surface area is 103 Å². The molecule has 1 N–H and O–H groups in total. The molecule has 1 aliphatic heterocycles. The Hall–Kier alpha value is -1.35. The number of hydrogen-bond acceptors (Lipinski definition) is 3. The Bertz CT molecular complexity index is 406. The van der Waals surface area contributed by atoms with Gasteiger partial charge in [0.2, 0.25) is 0 Å². The zero-order valence-electron chi connectivity index (χ0n) is 10.8. The van der Waals surface area contributed by atoms with Crippen LogP contribution in [0.15, 0.2) is 24.0 Å². The summed E-state index contributed by atoms with van der Waals surface area (Å²) in [4.78, 5) is 4.42. The molecule has 17 heavy (non-hydrogen) atoms. The lowest BCUT2D eigenvalue weighted by Gasteiger charge is -2.23. The van der Waals surface area contributed by atoms with Crippen molar-refractivity contribution in [2.75, 3.05) is 13.7 Å². The van der Waals surface area contributed by atoms with Gasteiger partial charge >= 0.3 is 0 Å². The first kappa shape index (κ1) is 12.1. The van der Waals surface area contributed by atoms with Crippen molar-refractivity contribution in [2.45, 2.75) is 32.7 Å². The minimum atomic E-state index is 0.246. The summed E-state index contributed by atoms with van der Waals surface area (Å²) in [6.45, 7) is 4.91. The van der Waals surface area contributed by atoms with E-state index in [0.717, 1.165) is 30.8 Å². The van der Waals surface area contributed by atoms with Gasteiger partial charge in [-0.1, -0.05) is 0 Å². The summed E-state index contributed by atoms with van der Waals surface area (Å²) in [6, 6.07) is 4.53. The Morgan fingerprint density at radius 3 is 2.53 bits per heavy atom. The van der Waals surface area contributed by atoms with Crippen molar-refractivity contribution in [2.24, 2.45) is 0 Å². The van der Waals surface area contributed by atoms with Crippen LogP contribution in [0.1, 0.15) is 35.8 Å².